The lowest BCUT2D eigenvalue weighted by Crippen LogP contribution is -2.49. The van der Waals surface area contributed by atoms with E-state index in [1.54, 1.807) is 11.5 Å². The highest BCUT2D eigenvalue weighted by molar-refractivity contribution is 5.82. The first-order valence-electron chi connectivity index (χ1n) is 11.6. The van der Waals surface area contributed by atoms with Gasteiger partial charge in [-0.3, -0.25) is 18.8 Å². The molecule has 3 aromatic rings. The van der Waals surface area contributed by atoms with Gasteiger partial charge >= 0.3 is 5.69 Å². The average Bonchev–Trinajstić information content (AvgIpc) is 3.31. The largest absolute Gasteiger partial charge is 0.368 e. The van der Waals surface area contributed by atoms with Crippen molar-refractivity contribution >= 4 is 16.9 Å². The third-order valence-corrected chi connectivity index (χ3v) is 7.67. The Balaban J connectivity index is 1.52. The van der Waals surface area contributed by atoms with Crippen LogP contribution in [-0.2, 0) is 11.2 Å². The van der Waals surface area contributed by atoms with Crippen LogP contribution in [0.2, 0.25) is 0 Å². The number of amides is 1. The van der Waals surface area contributed by atoms with Crippen molar-refractivity contribution in [3.05, 3.63) is 70.1 Å². The van der Waals surface area contributed by atoms with E-state index in [2.05, 4.69) is 43.0 Å². The number of rotatable bonds is 4. The van der Waals surface area contributed by atoms with E-state index in [0.717, 1.165) is 43.4 Å². The zero-order valence-electron chi connectivity index (χ0n) is 19.1. The van der Waals surface area contributed by atoms with Crippen LogP contribution in [0, 0.1) is 5.41 Å². The Kier molecular flexibility index (Phi) is 5.01. The third-order valence-electron chi connectivity index (χ3n) is 7.67. The summed E-state index contributed by atoms with van der Waals surface area (Å²) in [6.45, 7) is 8.10. The molecule has 1 fully saturated rings. The van der Waals surface area contributed by atoms with Gasteiger partial charge in [0.25, 0.3) is 0 Å². The van der Waals surface area contributed by atoms with Gasteiger partial charge in [0, 0.05) is 25.2 Å². The summed E-state index contributed by atoms with van der Waals surface area (Å²) in [7, 11) is 0. The van der Waals surface area contributed by atoms with Gasteiger partial charge < -0.3 is 5.73 Å². The molecule has 2 aliphatic rings. The molecular weight excluding hydrogens is 400 g/mol. The molecule has 6 nitrogen and oxygen atoms in total. The van der Waals surface area contributed by atoms with Gasteiger partial charge in [-0.25, -0.2) is 4.79 Å². The molecule has 2 N–H and O–H groups in total. The Hall–Kier alpha value is -2.86. The van der Waals surface area contributed by atoms with E-state index in [1.165, 1.54) is 11.1 Å². The van der Waals surface area contributed by atoms with Gasteiger partial charge in [-0.15, -0.1) is 0 Å². The smallest absolute Gasteiger partial charge is 0.330 e. The van der Waals surface area contributed by atoms with Crippen LogP contribution in [0.25, 0.3) is 11.0 Å². The lowest BCUT2D eigenvalue weighted by molar-refractivity contribution is -0.120. The topological polar surface area (TPSA) is 73.3 Å². The molecule has 0 spiro atoms. The van der Waals surface area contributed by atoms with Crippen molar-refractivity contribution < 1.29 is 4.79 Å². The van der Waals surface area contributed by atoms with Gasteiger partial charge in [0.2, 0.25) is 5.91 Å². The van der Waals surface area contributed by atoms with Gasteiger partial charge in [-0.05, 0) is 54.9 Å². The molecule has 3 unspecified atom stereocenters. The normalized spacial score (nSPS) is 23.8. The van der Waals surface area contributed by atoms with E-state index < -0.39 is 11.9 Å². The number of benzene rings is 2. The van der Waals surface area contributed by atoms with E-state index in [0.29, 0.717) is 6.04 Å². The second kappa shape index (κ2) is 7.62. The van der Waals surface area contributed by atoms with Crippen LogP contribution >= 0.6 is 0 Å². The highest BCUT2D eigenvalue weighted by Gasteiger charge is 2.42. The third kappa shape index (κ3) is 3.20. The van der Waals surface area contributed by atoms with E-state index >= 15 is 0 Å². The number of para-hydroxylation sites is 2. The maximum absolute atomic E-state index is 13.6. The molecule has 1 aliphatic carbocycles. The maximum Gasteiger partial charge on any atom is 0.330 e. The summed E-state index contributed by atoms with van der Waals surface area (Å²) in [6.07, 6.45) is 3.19. The van der Waals surface area contributed by atoms with Crippen LogP contribution in [0.1, 0.15) is 62.9 Å². The van der Waals surface area contributed by atoms with Gasteiger partial charge in [0.1, 0.15) is 6.04 Å². The summed E-state index contributed by atoms with van der Waals surface area (Å²) in [5, 5.41) is 0. The Bertz CT molecular complexity index is 1240. The van der Waals surface area contributed by atoms with Crippen LogP contribution in [0.3, 0.4) is 0 Å². The first-order valence-corrected chi connectivity index (χ1v) is 11.6. The van der Waals surface area contributed by atoms with Crippen molar-refractivity contribution in [1.29, 1.82) is 0 Å². The average molecular weight is 433 g/mol. The number of imidazole rings is 1. The molecule has 6 heteroatoms. The maximum atomic E-state index is 13.6. The second-order valence-corrected chi connectivity index (χ2v) is 10.1. The SMILES string of the molecule is CC(C(N)=O)n1c(=O)n(C2CCN(C3CCc4ccccc43)CC2(C)C)c2ccccc21. The lowest BCUT2D eigenvalue weighted by atomic mass is 9.78. The minimum Gasteiger partial charge on any atom is -0.368 e. The molecule has 1 saturated heterocycles. The molecule has 168 valence electrons. The van der Waals surface area contributed by atoms with Crippen molar-refractivity contribution in [2.24, 2.45) is 11.1 Å². The minimum absolute atomic E-state index is 0.0501. The Morgan fingerprint density at radius 3 is 2.47 bits per heavy atom. The van der Waals surface area contributed by atoms with E-state index in [-0.39, 0.29) is 17.1 Å². The molecule has 1 aromatic heterocycles. The number of aromatic nitrogens is 2. The number of hydrogen-bond acceptors (Lipinski definition) is 3. The van der Waals surface area contributed by atoms with Gasteiger partial charge in [0.15, 0.2) is 0 Å². The van der Waals surface area contributed by atoms with Crippen molar-refractivity contribution in [2.45, 2.75) is 58.2 Å². The number of fused-ring (bicyclic) bond motifs is 2. The molecule has 1 aliphatic heterocycles. The molecule has 32 heavy (non-hydrogen) atoms. The van der Waals surface area contributed by atoms with Crippen molar-refractivity contribution in [2.75, 3.05) is 13.1 Å². The van der Waals surface area contributed by atoms with Crippen LogP contribution in [0.4, 0.5) is 0 Å². The molecule has 5 rings (SSSR count). The van der Waals surface area contributed by atoms with Gasteiger partial charge in [0.05, 0.1) is 11.0 Å². The Morgan fingerprint density at radius 2 is 1.75 bits per heavy atom. The minimum atomic E-state index is -0.688. The lowest BCUT2D eigenvalue weighted by Gasteiger charge is -2.47. The quantitative estimate of drug-likeness (QED) is 0.681. The second-order valence-electron chi connectivity index (χ2n) is 10.1. The van der Waals surface area contributed by atoms with E-state index in [9.17, 15) is 9.59 Å². The van der Waals surface area contributed by atoms with Gasteiger partial charge in [-0.2, -0.15) is 0 Å². The molecule has 0 bridgehead atoms. The van der Waals surface area contributed by atoms with Crippen molar-refractivity contribution in [1.82, 2.24) is 14.0 Å². The zero-order chi connectivity index (χ0) is 22.6. The predicted molar refractivity (Wildman–Crippen MR) is 127 cm³/mol. The summed E-state index contributed by atoms with van der Waals surface area (Å²) in [5.41, 5.74) is 9.91. The molecule has 2 aromatic carbocycles. The summed E-state index contributed by atoms with van der Waals surface area (Å²) in [6, 6.07) is 16.4. The first-order chi connectivity index (χ1) is 15.3. The number of hydrogen-bond donors (Lipinski definition) is 1. The molecule has 3 atom stereocenters. The summed E-state index contributed by atoms with van der Waals surface area (Å²) in [4.78, 5) is 28.2. The number of carbonyl (C=O) groups excluding carboxylic acids is 1. The molecule has 1 amide bonds. The fourth-order valence-corrected chi connectivity index (χ4v) is 6.04. The van der Waals surface area contributed by atoms with Crippen LogP contribution in [0.15, 0.2) is 53.3 Å². The predicted octanol–water partition coefficient (Wildman–Crippen LogP) is 3.81. The Morgan fingerprint density at radius 1 is 1.06 bits per heavy atom. The summed E-state index contributed by atoms with van der Waals surface area (Å²) < 4.78 is 3.49. The highest BCUT2D eigenvalue weighted by atomic mass is 16.2. The Labute approximate surface area is 188 Å². The van der Waals surface area contributed by atoms with Crippen LogP contribution in [0.5, 0.6) is 0 Å². The molecular formula is C26H32N4O2. The molecule has 0 radical (unpaired) electrons. The standard InChI is InChI=1S/C26H32N4O2/c1-17(24(27)31)29-21-10-6-7-11-22(21)30(25(29)32)23-14-15-28(16-26(23,2)3)20-13-12-18-8-4-5-9-19(18)20/h4-11,17,20,23H,12-16H2,1-3H3,(H2,27,31). The first kappa shape index (κ1) is 21.0. The fourth-order valence-electron chi connectivity index (χ4n) is 6.04. The molecule has 0 saturated carbocycles. The van der Waals surface area contributed by atoms with Crippen LogP contribution in [-0.4, -0.2) is 33.0 Å². The van der Waals surface area contributed by atoms with Crippen molar-refractivity contribution in [3.8, 4) is 0 Å². The van der Waals surface area contributed by atoms with Gasteiger partial charge in [-0.1, -0.05) is 50.2 Å². The summed E-state index contributed by atoms with van der Waals surface area (Å²) in [5.74, 6) is -0.496. The number of aryl methyl sites for hydroxylation is 1. The fraction of sp³-hybridized carbons (Fsp3) is 0.462. The monoisotopic (exact) mass is 432 g/mol. The number of primary amides is 1. The summed E-state index contributed by atoms with van der Waals surface area (Å²) >= 11 is 0. The number of nitrogens with zero attached hydrogens (tertiary/aromatic N) is 3. The highest BCUT2D eigenvalue weighted by Crippen LogP contribution is 2.45. The van der Waals surface area contributed by atoms with Crippen LogP contribution < -0.4 is 11.4 Å². The number of piperidine rings is 1. The number of likely N-dealkylation sites (tertiary alicyclic amines) is 1. The zero-order valence-corrected chi connectivity index (χ0v) is 19.1. The molecule has 2 heterocycles. The van der Waals surface area contributed by atoms with E-state index in [1.807, 2.05) is 28.8 Å². The number of nitrogens with two attached hydrogens (primary N) is 1. The van der Waals surface area contributed by atoms with E-state index in [4.69, 9.17) is 5.73 Å². The van der Waals surface area contributed by atoms with Crippen molar-refractivity contribution in [3.63, 3.8) is 0 Å². The number of carbonyl (C=O) groups is 1.